The van der Waals surface area contributed by atoms with E-state index in [-0.39, 0.29) is 0 Å². The van der Waals surface area contributed by atoms with E-state index in [0.717, 1.165) is 31.0 Å². The molecule has 2 rings (SSSR count). The van der Waals surface area contributed by atoms with Crippen molar-refractivity contribution in [1.29, 1.82) is 0 Å². The molecule has 16 heavy (non-hydrogen) atoms. The van der Waals surface area contributed by atoms with Crippen LogP contribution in [0.4, 0.5) is 0 Å². The van der Waals surface area contributed by atoms with Gasteiger partial charge in [0.25, 0.3) is 5.89 Å². The van der Waals surface area contributed by atoms with E-state index in [1.165, 1.54) is 0 Å². The SMILES string of the molecule is CNCCCc1noc(-c2ccc(C)o2)n1. The summed E-state index contributed by atoms with van der Waals surface area (Å²) in [5.41, 5.74) is 0. The minimum absolute atomic E-state index is 0.451. The molecular formula is C11H15N3O2. The second-order valence-corrected chi connectivity index (χ2v) is 3.63. The first kappa shape index (κ1) is 10.9. The lowest BCUT2D eigenvalue weighted by Crippen LogP contribution is -2.08. The maximum absolute atomic E-state index is 5.40. The number of furan rings is 1. The molecule has 0 amide bonds. The average molecular weight is 221 g/mol. The largest absolute Gasteiger partial charge is 0.456 e. The second kappa shape index (κ2) is 4.94. The van der Waals surface area contributed by atoms with Gasteiger partial charge in [0.2, 0.25) is 0 Å². The van der Waals surface area contributed by atoms with E-state index in [2.05, 4.69) is 15.5 Å². The van der Waals surface area contributed by atoms with E-state index in [1.807, 2.05) is 26.1 Å². The summed E-state index contributed by atoms with van der Waals surface area (Å²) in [7, 11) is 1.92. The van der Waals surface area contributed by atoms with E-state index >= 15 is 0 Å². The molecule has 2 aromatic heterocycles. The second-order valence-electron chi connectivity index (χ2n) is 3.63. The summed E-state index contributed by atoms with van der Waals surface area (Å²) in [6.07, 6.45) is 1.80. The molecule has 0 saturated carbocycles. The van der Waals surface area contributed by atoms with Gasteiger partial charge in [-0.2, -0.15) is 4.98 Å². The highest BCUT2D eigenvalue weighted by Gasteiger charge is 2.11. The van der Waals surface area contributed by atoms with Gasteiger partial charge in [0.15, 0.2) is 11.6 Å². The lowest BCUT2D eigenvalue weighted by atomic mass is 10.3. The number of aromatic nitrogens is 2. The smallest absolute Gasteiger partial charge is 0.293 e. The van der Waals surface area contributed by atoms with Crippen molar-refractivity contribution >= 4 is 0 Å². The Morgan fingerprint density at radius 2 is 2.25 bits per heavy atom. The minimum Gasteiger partial charge on any atom is -0.456 e. The van der Waals surface area contributed by atoms with Crippen LogP contribution in [0.15, 0.2) is 21.1 Å². The van der Waals surface area contributed by atoms with Crippen molar-refractivity contribution in [3.8, 4) is 11.7 Å². The fourth-order valence-corrected chi connectivity index (χ4v) is 1.43. The van der Waals surface area contributed by atoms with Crippen molar-refractivity contribution in [3.05, 3.63) is 23.7 Å². The number of hydrogen-bond donors (Lipinski definition) is 1. The monoisotopic (exact) mass is 221 g/mol. The van der Waals surface area contributed by atoms with Crippen LogP contribution in [-0.4, -0.2) is 23.7 Å². The van der Waals surface area contributed by atoms with E-state index < -0.39 is 0 Å². The number of nitrogens with one attached hydrogen (secondary N) is 1. The van der Waals surface area contributed by atoms with Gasteiger partial charge in [-0.05, 0) is 39.1 Å². The predicted molar refractivity (Wildman–Crippen MR) is 59.0 cm³/mol. The highest BCUT2D eigenvalue weighted by molar-refractivity contribution is 5.43. The molecule has 0 atom stereocenters. The first-order chi connectivity index (χ1) is 7.79. The third-order valence-electron chi connectivity index (χ3n) is 2.25. The van der Waals surface area contributed by atoms with Crippen LogP contribution in [0.3, 0.4) is 0 Å². The minimum atomic E-state index is 0.451. The van der Waals surface area contributed by atoms with E-state index in [9.17, 15) is 0 Å². The highest BCUT2D eigenvalue weighted by atomic mass is 16.5. The van der Waals surface area contributed by atoms with Gasteiger partial charge >= 0.3 is 0 Å². The number of nitrogens with zero attached hydrogens (tertiary/aromatic N) is 2. The van der Waals surface area contributed by atoms with Crippen LogP contribution < -0.4 is 5.32 Å². The molecule has 0 aliphatic carbocycles. The van der Waals surface area contributed by atoms with Crippen LogP contribution in [0.5, 0.6) is 0 Å². The summed E-state index contributed by atoms with van der Waals surface area (Å²) in [5.74, 6) is 2.64. The first-order valence-corrected chi connectivity index (χ1v) is 5.33. The molecule has 1 N–H and O–H groups in total. The highest BCUT2D eigenvalue weighted by Crippen LogP contribution is 2.19. The molecule has 0 spiro atoms. The lowest BCUT2D eigenvalue weighted by Gasteiger charge is -1.93. The Hall–Kier alpha value is -1.62. The molecule has 5 nitrogen and oxygen atoms in total. The Labute approximate surface area is 93.8 Å². The zero-order valence-corrected chi connectivity index (χ0v) is 9.49. The average Bonchev–Trinajstić information content (AvgIpc) is 2.87. The lowest BCUT2D eigenvalue weighted by molar-refractivity contribution is 0.406. The van der Waals surface area contributed by atoms with Gasteiger partial charge < -0.3 is 14.3 Å². The van der Waals surface area contributed by atoms with Crippen LogP contribution in [0.2, 0.25) is 0 Å². The van der Waals surface area contributed by atoms with Gasteiger partial charge in [-0.25, -0.2) is 0 Å². The normalized spacial score (nSPS) is 10.9. The van der Waals surface area contributed by atoms with Gasteiger partial charge in [0.1, 0.15) is 5.76 Å². The molecule has 0 bridgehead atoms. The summed E-state index contributed by atoms with van der Waals surface area (Å²) in [5, 5.41) is 6.97. The van der Waals surface area contributed by atoms with Gasteiger partial charge in [0.05, 0.1) is 0 Å². The summed E-state index contributed by atoms with van der Waals surface area (Å²) < 4.78 is 10.5. The summed E-state index contributed by atoms with van der Waals surface area (Å²) in [6, 6.07) is 3.71. The Kier molecular flexibility index (Phi) is 3.36. The predicted octanol–water partition coefficient (Wildman–Crippen LogP) is 1.79. The zero-order valence-electron chi connectivity index (χ0n) is 9.49. The van der Waals surface area contributed by atoms with Crippen molar-refractivity contribution in [2.24, 2.45) is 0 Å². The van der Waals surface area contributed by atoms with Gasteiger partial charge in [-0.3, -0.25) is 0 Å². The third-order valence-corrected chi connectivity index (χ3v) is 2.25. The molecule has 0 fully saturated rings. The molecule has 0 aliphatic heterocycles. The molecular weight excluding hydrogens is 206 g/mol. The van der Waals surface area contributed by atoms with E-state index in [0.29, 0.717) is 11.7 Å². The maximum atomic E-state index is 5.40. The summed E-state index contributed by atoms with van der Waals surface area (Å²) in [4.78, 5) is 4.27. The molecule has 0 aromatic carbocycles. The molecule has 0 unspecified atom stereocenters. The van der Waals surface area contributed by atoms with Gasteiger partial charge in [-0.15, -0.1) is 0 Å². The Morgan fingerprint density at radius 1 is 1.38 bits per heavy atom. The van der Waals surface area contributed by atoms with Crippen LogP contribution in [0, 0.1) is 6.92 Å². The Morgan fingerprint density at radius 3 is 2.94 bits per heavy atom. The topological polar surface area (TPSA) is 64.1 Å². The van der Waals surface area contributed by atoms with Gasteiger partial charge in [-0.1, -0.05) is 5.16 Å². The molecule has 2 aromatic rings. The molecule has 5 heteroatoms. The number of aryl methyl sites for hydroxylation is 2. The molecule has 2 heterocycles. The van der Waals surface area contributed by atoms with Crippen molar-refractivity contribution in [2.45, 2.75) is 19.8 Å². The number of rotatable bonds is 5. The number of hydrogen-bond acceptors (Lipinski definition) is 5. The molecule has 0 saturated heterocycles. The van der Waals surface area contributed by atoms with Crippen LogP contribution in [0.1, 0.15) is 18.0 Å². The maximum Gasteiger partial charge on any atom is 0.293 e. The van der Waals surface area contributed by atoms with Crippen molar-refractivity contribution in [2.75, 3.05) is 13.6 Å². The van der Waals surface area contributed by atoms with Gasteiger partial charge in [0, 0.05) is 6.42 Å². The molecule has 86 valence electrons. The van der Waals surface area contributed by atoms with Crippen LogP contribution in [-0.2, 0) is 6.42 Å². The Balaban J connectivity index is 2.02. The fraction of sp³-hybridized carbons (Fsp3) is 0.455. The molecule has 0 radical (unpaired) electrons. The quantitative estimate of drug-likeness (QED) is 0.780. The third kappa shape index (κ3) is 2.49. The zero-order chi connectivity index (χ0) is 11.4. The summed E-state index contributed by atoms with van der Waals surface area (Å²) >= 11 is 0. The molecule has 0 aliphatic rings. The van der Waals surface area contributed by atoms with Crippen molar-refractivity contribution < 1.29 is 8.94 Å². The first-order valence-electron chi connectivity index (χ1n) is 5.33. The Bertz CT molecular complexity index is 448. The van der Waals surface area contributed by atoms with Crippen molar-refractivity contribution in [3.63, 3.8) is 0 Å². The fourth-order valence-electron chi connectivity index (χ4n) is 1.43. The van der Waals surface area contributed by atoms with Crippen LogP contribution in [0.25, 0.3) is 11.7 Å². The standard InChI is InChI=1S/C11H15N3O2/c1-8-5-6-9(15-8)11-13-10(14-16-11)4-3-7-12-2/h5-6,12H,3-4,7H2,1-2H3. The van der Waals surface area contributed by atoms with E-state index in [4.69, 9.17) is 8.94 Å². The van der Waals surface area contributed by atoms with Crippen molar-refractivity contribution in [1.82, 2.24) is 15.5 Å². The van der Waals surface area contributed by atoms with E-state index in [1.54, 1.807) is 0 Å². The summed E-state index contributed by atoms with van der Waals surface area (Å²) in [6.45, 7) is 2.83. The van der Waals surface area contributed by atoms with Crippen LogP contribution >= 0.6 is 0 Å².